The lowest BCUT2D eigenvalue weighted by Gasteiger charge is -2.07. The van der Waals surface area contributed by atoms with Crippen molar-refractivity contribution in [1.82, 2.24) is 9.13 Å². The van der Waals surface area contributed by atoms with Gasteiger partial charge in [0, 0.05) is 12.1 Å². The quantitative estimate of drug-likeness (QED) is 0.373. The molecule has 0 radical (unpaired) electrons. The number of fused-ring (bicyclic) bond motifs is 6. The van der Waals surface area contributed by atoms with E-state index in [0.717, 1.165) is 13.1 Å². The van der Waals surface area contributed by atoms with Crippen LogP contribution in [0.5, 0.6) is 0 Å². The second kappa shape index (κ2) is 3.48. The lowest BCUT2D eigenvalue weighted by atomic mass is 10.3. The van der Waals surface area contributed by atoms with Crippen LogP contribution >= 0.6 is 0 Å². The third-order valence-corrected chi connectivity index (χ3v) is 4.20. The van der Waals surface area contributed by atoms with Gasteiger partial charge >= 0.3 is 0 Å². The summed E-state index contributed by atoms with van der Waals surface area (Å²) in [7, 11) is 0. The minimum atomic E-state index is 0.928. The maximum atomic E-state index is 2.40. The van der Waals surface area contributed by atoms with Crippen LogP contribution in [0.1, 0.15) is 11.4 Å². The fourth-order valence-electron chi connectivity index (χ4n) is 3.27. The SMILES string of the molecule is c1cc[n+]2cc3n(c2c1)Cc1c[n+]2ccccc2n1C3. The molecule has 1 aliphatic heterocycles. The van der Waals surface area contributed by atoms with Gasteiger partial charge in [-0.2, -0.15) is 0 Å². The van der Waals surface area contributed by atoms with Gasteiger partial charge < -0.3 is 0 Å². The predicted octanol–water partition coefficient (Wildman–Crippen LogP) is 1.18. The topological polar surface area (TPSA) is 18.1 Å². The minimum Gasteiger partial charge on any atom is -0.216 e. The summed E-state index contributed by atoms with van der Waals surface area (Å²) in [6, 6.07) is 12.7. The van der Waals surface area contributed by atoms with Crippen LogP contribution in [0.15, 0.2) is 61.2 Å². The summed E-state index contributed by atoms with van der Waals surface area (Å²) in [5, 5.41) is 0. The van der Waals surface area contributed by atoms with Gasteiger partial charge in [-0.1, -0.05) is 12.1 Å². The molecule has 1 aliphatic rings. The molecule has 0 amide bonds. The first-order valence-electron chi connectivity index (χ1n) is 6.87. The molecular weight excluding hydrogens is 248 g/mol. The zero-order valence-corrected chi connectivity index (χ0v) is 11.0. The number of hydrogen-bond donors (Lipinski definition) is 0. The van der Waals surface area contributed by atoms with Crippen LogP contribution in [0.2, 0.25) is 0 Å². The van der Waals surface area contributed by atoms with E-state index in [2.05, 4.69) is 79.1 Å². The maximum Gasteiger partial charge on any atom is 0.286 e. The van der Waals surface area contributed by atoms with E-state index in [9.17, 15) is 0 Å². The zero-order valence-electron chi connectivity index (χ0n) is 11.0. The summed E-state index contributed by atoms with van der Waals surface area (Å²) < 4.78 is 9.21. The van der Waals surface area contributed by atoms with E-state index in [0.29, 0.717) is 0 Å². The molecule has 0 N–H and O–H groups in total. The highest BCUT2D eigenvalue weighted by Crippen LogP contribution is 2.19. The normalized spacial score (nSPS) is 13.6. The lowest BCUT2D eigenvalue weighted by molar-refractivity contribution is -0.511. The van der Waals surface area contributed by atoms with Crippen LogP contribution in [-0.4, -0.2) is 9.13 Å². The van der Waals surface area contributed by atoms with Crippen molar-refractivity contribution in [3.8, 4) is 0 Å². The van der Waals surface area contributed by atoms with Crippen LogP contribution in [0, 0.1) is 0 Å². The minimum absolute atomic E-state index is 0.928. The number of rotatable bonds is 0. The number of imidazole rings is 2. The Bertz CT molecular complexity index is 881. The van der Waals surface area contributed by atoms with E-state index in [4.69, 9.17) is 0 Å². The van der Waals surface area contributed by atoms with E-state index >= 15 is 0 Å². The van der Waals surface area contributed by atoms with Gasteiger partial charge in [-0.25, -0.2) is 17.9 Å². The molecule has 0 saturated carbocycles. The highest BCUT2D eigenvalue weighted by atomic mass is 15.2. The molecule has 0 spiro atoms. The molecular formula is C16H14N4+2. The van der Waals surface area contributed by atoms with Crippen LogP contribution in [-0.2, 0) is 13.1 Å². The molecule has 5 heterocycles. The van der Waals surface area contributed by atoms with Crippen molar-refractivity contribution in [2.75, 3.05) is 0 Å². The largest absolute Gasteiger partial charge is 0.286 e. The Morgan fingerprint density at radius 2 is 1.20 bits per heavy atom. The Balaban J connectivity index is 1.79. The van der Waals surface area contributed by atoms with Gasteiger partial charge in [0.05, 0.1) is 12.4 Å². The predicted molar refractivity (Wildman–Crippen MR) is 73.4 cm³/mol. The summed E-state index contributed by atoms with van der Waals surface area (Å²) in [6.07, 6.45) is 8.70. The van der Waals surface area contributed by atoms with Crippen molar-refractivity contribution in [2.45, 2.75) is 13.1 Å². The fraction of sp³-hybridized carbons (Fsp3) is 0.125. The van der Waals surface area contributed by atoms with Crippen molar-refractivity contribution in [3.05, 3.63) is 72.6 Å². The number of hydrogen-bond acceptors (Lipinski definition) is 0. The zero-order chi connectivity index (χ0) is 13.1. The lowest BCUT2D eigenvalue weighted by Crippen LogP contribution is -2.20. The Labute approximate surface area is 115 Å². The summed E-state index contributed by atoms with van der Waals surface area (Å²) >= 11 is 0. The molecule has 4 nitrogen and oxygen atoms in total. The summed E-state index contributed by atoms with van der Waals surface area (Å²) in [5.74, 6) is 0. The van der Waals surface area contributed by atoms with Gasteiger partial charge in [0.2, 0.25) is 0 Å². The molecule has 96 valence electrons. The smallest absolute Gasteiger partial charge is 0.216 e. The highest BCUT2D eigenvalue weighted by molar-refractivity contribution is 5.39. The van der Waals surface area contributed by atoms with Gasteiger partial charge in [-0.3, -0.25) is 0 Å². The molecule has 0 aliphatic carbocycles. The van der Waals surface area contributed by atoms with E-state index in [1.54, 1.807) is 0 Å². The standard InChI is InChI=1S/C16H14N4/c1-3-7-17-9-13-12-20-14(11-19(13)15(17)5-1)10-18-8-4-2-6-16(18)20/h1-10H,11-12H2/q+2. The van der Waals surface area contributed by atoms with Crippen molar-refractivity contribution in [2.24, 2.45) is 0 Å². The fourth-order valence-corrected chi connectivity index (χ4v) is 3.27. The van der Waals surface area contributed by atoms with E-state index in [1.165, 1.54) is 22.7 Å². The molecule has 0 saturated heterocycles. The van der Waals surface area contributed by atoms with E-state index in [1.807, 2.05) is 0 Å². The summed E-state index contributed by atoms with van der Waals surface area (Å²) in [5.41, 5.74) is 5.21. The van der Waals surface area contributed by atoms with Crippen molar-refractivity contribution in [1.29, 1.82) is 0 Å². The molecule has 4 aromatic heterocycles. The first-order valence-corrected chi connectivity index (χ1v) is 6.87. The highest BCUT2D eigenvalue weighted by Gasteiger charge is 2.30. The maximum absolute atomic E-state index is 2.40. The van der Waals surface area contributed by atoms with Gasteiger partial charge in [0.1, 0.15) is 12.4 Å². The molecule has 5 rings (SSSR count). The monoisotopic (exact) mass is 262 g/mol. The van der Waals surface area contributed by atoms with Crippen LogP contribution in [0.3, 0.4) is 0 Å². The van der Waals surface area contributed by atoms with E-state index in [-0.39, 0.29) is 0 Å². The number of aromatic nitrogens is 4. The molecule has 20 heavy (non-hydrogen) atoms. The molecule has 0 aromatic carbocycles. The van der Waals surface area contributed by atoms with Crippen LogP contribution < -0.4 is 8.80 Å². The van der Waals surface area contributed by atoms with Crippen LogP contribution in [0.25, 0.3) is 11.3 Å². The Morgan fingerprint density at radius 1 is 0.700 bits per heavy atom. The molecule has 4 heteroatoms. The van der Waals surface area contributed by atoms with Gasteiger partial charge in [0.25, 0.3) is 11.3 Å². The van der Waals surface area contributed by atoms with E-state index < -0.39 is 0 Å². The number of nitrogens with zero attached hydrogens (tertiary/aromatic N) is 4. The second-order valence-corrected chi connectivity index (χ2v) is 5.35. The van der Waals surface area contributed by atoms with Crippen molar-refractivity contribution in [3.63, 3.8) is 0 Å². The second-order valence-electron chi connectivity index (χ2n) is 5.35. The van der Waals surface area contributed by atoms with Crippen molar-refractivity contribution >= 4 is 11.3 Å². The van der Waals surface area contributed by atoms with Gasteiger partial charge in [-0.15, -0.1) is 0 Å². The molecule has 4 aromatic rings. The first kappa shape index (κ1) is 10.2. The van der Waals surface area contributed by atoms with Crippen molar-refractivity contribution < 1.29 is 8.80 Å². The summed E-state index contributed by atoms with van der Waals surface area (Å²) in [6.45, 7) is 1.86. The first-order chi connectivity index (χ1) is 9.90. The van der Waals surface area contributed by atoms with Crippen LogP contribution in [0.4, 0.5) is 0 Å². The van der Waals surface area contributed by atoms with Gasteiger partial charge in [0.15, 0.2) is 24.5 Å². The molecule has 0 unspecified atom stereocenters. The third kappa shape index (κ3) is 1.20. The Kier molecular flexibility index (Phi) is 1.77. The average Bonchev–Trinajstić information content (AvgIpc) is 3.02. The van der Waals surface area contributed by atoms with Gasteiger partial charge in [-0.05, 0) is 12.1 Å². The summed E-state index contributed by atoms with van der Waals surface area (Å²) in [4.78, 5) is 0. The number of pyridine rings is 2. The molecule has 0 atom stereocenters. The third-order valence-electron chi connectivity index (χ3n) is 4.20. The molecule has 0 fully saturated rings. The Hall–Kier alpha value is -2.62. The molecule has 0 bridgehead atoms. The Morgan fingerprint density at radius 3 is 1.70 bits per heavy atom. The average molecular weight is 262 g/mol.